The molecule has 0 aliphatic heterocycles. The third kappa shape index (κ3) is 4.55. The summed E-state index contributed by atoms with van der Waals surface area (Å²) in [5.74, 6) is -1.31. The SMILES string of the molecule is COc1ccccc1NC(=O)C(=O)N/N=C\c1ccccc1Cl. The Kier molecular flexibility index (Phi) is 5.71. The predicted octanol–water partition coefficient (Wildman–Crippen LogP) is 2.44. The fourth-order valence-electron chi connectivity index (χ4n) is 1.72. The molecule has 2 amide bonds. The topological polar surface area (TPSA) is 79.8 Å². The number of methoxy groups -OCH3 is 1. The van der Waals surface area contributed by atoms with Gasteiger partial charge in [-0.25, -0.2) is 5.43 Å². The minimum atomic E-state index is -0.904. The molecule has 0 saturated carbocycles. The highest BCUT2D eigenvalue weighted by Gasteiger charge is 2.14. The Bertz CT molecular complexity index is 747. The molecule has 0 bridgehead atoms. The van der Waals surface area contributed by atoms with Gasteiger partial charge in [0.05, 0.1) is 19.0 Å². The number of amides is 2. The van der Waals surface area contributed by atoms with Crippen molar-refractivity contribution in [1.29, 1.82) is 0 Å². The van der Waals surface area contributed by atoms with Crippen molar-refractivity contribution in [3.05, 3.63) is 59.1 Å². The molecule has 0 atom stereocenters. The van der Waals surface area contributed by atoms with E-state index in [9.17, 15) is 9.59 Å². The lowest BCUT2D eigenvalue weighted by molar-refractivity contribution is -0.136. The van der Waals surface area contributed by atoms with Crippen LogP contribution < -0.4 is 15.5 Å². The number of nitrogens with one attached hydrogen (secondary N) is 2. The first-order valence-corrected chi connectivity index (χ1v) is 7.01. The van der Waals surface area contributed by atoms with Gasteiger partial charge in [0.1, 0.15) is 5.75 Å². The van der Waals surface area contributed by atoms with Gasteiger partial charge in [0.25, 0.3) is 0 Å². The normalized spacial score (nSPS) is 10.3. The molecule has 0 aliphatic carbocycles. The summed E-state index contributed by atoms with van der Waals surface area (Å²) in [6.45, 7) is 0. The van der Waals surface area contributed by atoms with Crippen LogP contribution in [0.25, 0.3) is 0 Å². The molecule has 0 aromatic heterocycles. The van der Waals surface area contributed by atoms with Crippen molar-refractivity contribution in [1.82, 2.24) is 5.43 Å². The number of benzene rings is 2. The molecule has 2 aromatic rings. The number of hydrazone groups is 1. The summed E-state index contributed by atoms with van der Waals surface area (Å²) in [4.78, 5) is 23.5. The average molecular weight is 332 g/mol. The molecule has 0 heterocycles. The lowest BCUT2D eigenvalue weighted by atomic mass is 10.2. The van der Waals surface area contributed by atoms with Gasteiger partial charge in [-0.1, -0.05) is 41.9 Å². The van der Waals surface area contributed by atoms with Gasteiger partial charge >= 0.3 is 11.8 Å². The van der Waals surface area contributed by atoms with Gasteiger partial charge in [-0.05, 0) is 18.2 Å². The van der Waals surface area contributed by atoms with Crippen LogP contribution >= 0.6 is 11.6 Å². The molecular formula is C16H14ClN3O3. The van der Waals surface area contributed by atoms with Crippen molar-refractivity contribution in [2.75, 3.05) is 12.4 Å². The first-order chi connectivity index (χ1) is 11.1. The fourth-order valence-corrected chi connectivity index (χ4v) is 1.90. The maximum absolute atomic E-state index is 11.8. The van der Waals surface area contributed by atoms with Crippen LogP contribution in [0.4, 0.5) is 5.69 Å². The van der Waals surface area contributed by atoms with Crippen molar-refractivity contribution in [3.63, 3.8) is 0 Å². The molecule has 6 nitrogen and oxygen atoms in total. The van der Waals surface area contributed by atoms with E-state index in [0.717, 1.165) is 0 Å². The van der Waals surface area contributed by atoms with E-state index in [4.69, 9.17) is 16.3 Å². The second kappa shape index (κ2) is 7.95. The largest absolute Gasteiger partial charge is 0.495 e. The van der Waals surface area contributed by atoms with Crippen LogP contribution in [0, 0.1) is 0 Å². The molecule has 0 aliphatic rings. The van der Waals surface area contributed by atoms with Gasteiger partial charge in [-0.3, -0.25) is 9.59 Å². The molecule has 7 heteroatoms. The first-order valence-electron chi connectivity index (χ1n) is 6.63. The smallest absolute Gasteiger partial charge is 0.329 e. The number of rotatable bonds is 4. The predicted molar refractivity (Wildman–Crippen MR) is 88.8 cm³/mol. The summed E-state index contributed by atoms with van der Waals surface area (Å²) in [5.41, 5.74) is 3.15. The molecule has 2 N–H and O–H groups in total. The molecule has 0 saturated heterocycles. The van der Waals surface area contributed by atoms with E-state index in [-0.39, 0.29) is 0 Å². The summed E-state index contributed by atoms with van der Waals surface area (Å²) in [5, 5.41) is 6.64. The minimum absolute atomic E-state index is 0.394. The standard InChI is InChI=1S/C16H14ClN3O3/c1-23-14-9-5-4-8-13(14)19-15(21)16(22)20-18-10-11-6-2-3-7-12(11)17/h2-10H,1H3,(H,19,21)(H,20,22)/b18-10-. The van der Waals surface area contributed by atoms with E-state index in [1.807, 2.05) is 0 Å². The second-order valence-electron chi connectivity index (χ2n) is 4.38. The number of para-hydroxylation sites is 2. The zero-order chi connectivity index (χ0) is 16.7. The maximum Gasteiger partial charge on any atom is 0.329 e. The highest BCUT2D eigenvalue weighted by molar-refractivity contribution is 6.39. The first kappa shape index (κ1) is 16.5. The van der Waals surface area contributed by atoms with Crippen molar-refractivity contribution >= 4 is 35.3 Å². The van der Waals surface area contributed by atoms with Crippen molar-refractivity contribution in [2.45, 2.75) is 0 Å². The molecule has 2 aromatic carbocycles. The third-order valence-electron chi connectivity index (χ3n) is 2.84. The van der Waals surface area contributed by atoms with Crippen LogP contribution in [0.1, 0.15) is 5.56 Å². The van der Waals surface area contributed by atoms with Crippen LogP contribution in [0.2, 0.25) is 5.02 Å². The van der Waals surface area contributed by atoms with E-state index < -0.39 is 11.8 Å². The number of ether oxygens (including phenoxy) is 1. The van der Waals surface area contributed by atoms with Gasteiger partial charge < -0.3 is 10.1 Å². The minimum Gasteiger partial charge on any atom is -0.495 e. The third-order valence-corrected chi connectivity index (χ3v) is 3.18. The average Bonchev–Trinajstić information content (AvgIpc) is 2.57. The van der Waals surface area contributed by atoms with Gasteiger partial charge in [0.15, 0.2) is 0 Å². The number of hydrogen-bond donors (Lipinski definition) is 2. The van der Waals surface area contributed by atoms with E-state index in [1.165, 1.54) is 13.3 Å². The monoisotopic (exact) mass is 331 g/mol. The van der Waals surface area contributed by atoms with Crippen LogP contribution in [0.5, 0.6) is 5.75 Å². The Balaban J connectivity index is 1.95. The van der Waals surface area contributed by atoms with Crippen LogP contribution in [-0.4, -0.2) is 25.1 Å². The molecule has 0 fully saturated rings. The summed E-state index contributed by atoms with van der Waals surface area (Å²) in [6.07, 6.45) is 1.36. The van der Waals surface area contributed by atoms with Gasteiger partial charge in [0, 0.05) is 10.6 Å². The number of nitrogens with zero attached hydrogens (tertiary/aromatic N) is 1. The van der Waals surface area contributed by atoms with Gasteiger partial charge in [-0.15, -0.1) is 0 Å². The summed E-state index contributed by atoms with van der Waals surface area (Å²) in [7, 11) is 1.47. The number of anilines is 1. The Morgan fingerprint density at radius 2 is 1.78 bits per heavy atom. The zero-order valence-corrected chi connectivity index (χ0v) is 13.0. The lowest BCUT2D eigenvalue weighted by Crippen LogP contribution is -2.32. The highest BCUT2D eigenvalue weighted by Crippen LogP contribution is 2.22. The van der Waals surface area contributed by atoms with E-state index in [0.29, 0.717) is 22.0 Å². The van der Waals surface area contributed by atoms with E-state index in [2.05, 4.69) is 15.8 Å². The molecular weight excluding hydrogens is 318 g/mol. The van der Waals surface area contributed by atoms with Gasteiger partial charge in [0.2, 0.25) is 0 Å². The molecule has 0 spiro atoms. The Morgan fingerprint density at radius 3 is 2.52 bits per heavy atom. The van der Waals surface area contributed by atoms with Crippen molar-refractivity contribution < 1.29 is 14.3 Å². The van der Waals surface area contributed by atoms with Crippen molar-refractivity contribution in [2.24, 2.45) is 5.10 Å². The highest BCUT2D eigenvalue weighted by atomic mass is 35.5. The second-order valence-corrected chi connectivity index (χ2v) is 4.78. The molecule has 23 heavy (non-hydrogen) atoms. The zero-order valence-electron chi connectivity index (χ0n) is 12.2. The van der Waals surface area contributed by atoms with Crippen LogP contribution in [-0.2, 0) is 9.59 Å². The Hall–Kier alpha value is -2.86. The number of halogens is 1. The number of hydrogen-bond acceptors (Lipinski definition) is 4. The van der Waals surface area contributed by atoms with Crippen molar-refractivity contribution in [3.8, 4) is 5.75 Å². The number of carbonyl (C=O) groups excluding carboxylic acids is 2. The maximum atomic E-state index is 11.8. The summed E-state index contributed by atoms with van der Waals surface area (Å²) in [6, 6.07) is 13.7. The quantitative estimate of drug-likeness (QED) is 0.513. The summed E-state index contributed by atoms with van der Waals surface area (Å²) < 4.78 is 5.09. The van der Waals surface area contributed by atoms with Crippen LogP contribution in [0.3, 0.4) is 0 Å². The number of carbonyl (C=O) groups is 2. The molecule has 118 valence electrons. The Morgan fingerprint density at radius 1 is 1.09 bits per heavy atom. The van der Waals surface area contributed by atoms with Gasteiger partial charge in [-0.2, -0.15) is 5.10 Å². The fraction of sp³-hybridized carbons (Fsp3) is 0.0625. The van der Waals surface area contributed by atoms with E-state index in [1.54, 1.807) is 48.5 Å². The Labute approximate surface area is 138 Å². The molecule has 0 radical (unpaired) electrons. The molecule has 0 unspecified atom stereocenters. The lowest BCUT2D eigenvalue weighted by Gasteiger charge is -2.08. The summed E-state index contributed by atoms with van der Waals surface area (Å²) >= 11 is 5.95. The van der Waals surface area contributed by atoms with Crippen LogP contribution in [0.15, 0.2) is 53.6 Å². The molecule has 2 rings (SSSR count). The van der Waals surface area contributed by atoms with E-state index >= 15 is 0 Å².